The highest BCUT2D eigenvalue weighted by molar-refractivity contribution is 5.75. The van der Waals surface area contributed by atoms with Crippen molar-refractivity contribution in [3.63, 3.8) is 0 Å². The van der Waals surface area contributed by atoms with Gasteiger partial charge in [-0.3, -0.25) is 4.79 Å². The van der Waals surface area contributed by atoms with E-state index in [0.29, 0.717) is 13.2 Å². The van der Waals surface area contributed by atoms with Gasteiger partial charge in [-0.25, -0.2) is 0 Å². The molecule has 0 bridgehead atoms. The van der Waals surface area contributed by atoms with E-state index in [1.165, 1.54) is 0 Å². The normalized spacial score (nSPS) is 14.9. The van der Waals surface area contributed by atoms with E-state index in [1.807, 2.05) is 20.8 Å². The monoisotopic (exact) mass is 203 g/mol. The van der Waals surface area contributed by atoms with Gasteiger partial charge in [0.05, 0.1) is 12.7 Å². The molecule has 0 saturated carbocycles. The number of hydrogen-bond donors (Lipinski definition) is 1. The number of ether oxygens (including phenoxy) is 2. The van der Waals surface area contributed by atoms with Gasteiger partial charge in [0.2, 0.25) is 0 Å². The maximum absolute atomic E-state index is 11.3. The van der Waals surface area contributed by atoms with Gasteiger partial charge in [0.1, 0.15) is 6.04 Å². The maximum Gasteiger partial charge on any atom is 0.323 e. The van der Waals surface area contributed by atoms with Crippen molar-refractivity contribution in [2.75, 3.05) is 20.3 Å². The van der Waals surface area contributed by atoms with Crippen molar-refractivity contribution < 1.29 is 14.3 Å². The molecule has 0 aromatic rings. The van der Waals surface area contributed by atoms with Crippen LogP contribution in [0.4, 0.5) is 0 Å². The largest absolute Gasteiger partial charge is 0.465 e. The lowest BCUT2D eigenvalue weighted by Gasteiger charge is -2.17. The van der Waals surface area contributed by atoms with Gasteiger partial charge in [0.25, 0.3) is 0 Å². The van der Waals surface area contributed by atoms with Crippen molar-refractivity contribution in [3.8, 4) is 0 Å². The molecular weight excluding hydrogens is 182 g/mol. The molecule has 2 atom stereocenters. The summed E-state index contributed by atoms with van der Waals surface area (Å²) in [6.45, 7) is 6.80. The molecule has 2 unspecified atom stereocenters. The number of esters is 1. The fourth-order valence-electron chi connectivity index (χ4n) is 1.03. The van der Waals surface area contributed by atoms with Crippen molar-refractivity contribution >= 4 is 5.97 Å². The van der Waals surface area contributed by atoms with Crippen molar-refractivity contribution in [2.45, 2.75) is 39.3 Å². The molecule has 84 valence electrons. The number of carbonyl (C=O) groups excluding carboxylic acids is 1. The van der Waals surface area contributed by atoms with Crippen LogP contribution in [0.5, 0.6) is 0 Å². The molecule has 0 fully saturated rings. The van der Waals surface area contributed by atoms with Gasteiger partial charge in [-0.1, -0.05) is 6.92 Å². The minimum absolute atomic E-state index is 0.110. The van der Waals surface area contributed by atoms with Gasteiger partial charge < -0.3 is 14.8 Å². The van der Waals surface area contributed by atoms with Crippen LogP contribution in [0.15, 0.2) is 0 Å². The molecule has 0 saturated heterocycles. The van der Waals surface area contributed by atoms with E-state index in [9.17, 15) is 4.79 Å². The lowest BCUT2D eigenvalue weighted by atomic mass is 10.2. The highest BCUT2D eigenvalue weighted by Gasteiger charge is 2.17. The number of carbonyl (C=O) groups is 1. The Morgan fingerprint density at radius 2 is 2.07 bits per heavy atom. The SMILES string of the molecule is CCOC(=O)C(CC)NCC(C)OC. The molecule has 0 aliphatic rings. The quantitative estimate of drug-likeness (QED) is 0.626. The minimum Gasteiger partial charge on any atom is -0.465 e. The Morgan fingerprint density at radius 3 is 2.50 bits per heavy atom. The van der Waals surface area contributed by atoms with Crippen LogP contribution in [0, 0.1) is 0 Å². The van der Waals surface area contributed by atoms with Gasteiger partial charge in [-0.15, -0.1) is 0 Å². The number of hydrogen-bond acceptors (Lipinski definition) is 4. The summed E-state index contributed by atoms with van der Waals surface area (Å²) >= 11 is 0. The summed E-state index contributed by atoms with van der Waals surface area (Å²) in [4.78, 5) is 11.3. The zero-order valence-electron chi connectivity index (χ0n) is 9.50. The molecule has 0 aromatic heterocycles. The fourth-order valence-corrected chi connectivity index (χ4v) is 1.03. The fraction of sp³-hybridized carbons (Fsp3) is 0.900. The van der Waals surface area contributed by atoms with Crippen molar-refractivity contribution in [1.82, 2.24) is 5.32 Å². The summed E-state index contributed by atoms with van der Waals surface area (Å²) in [5, 5.41) is 3.11. The van der Waals surface area contributed by atoms with Crippen LogP contribution in [0.1, 0.15) is 27.2 Å². The van der Waals surface area contributed by atoms with Crippen molar-refractivity contribution in [3.05, 3.63) is 0 Å². The molecule has 0 spiro atoms. The first-order valence-corrected chi connectivity index (χ1v) is 5.08. The Hall–Kier alpha value is -0.610. The topological polar surface area (TPSA) is 47.6 Å². The molecule has 4 heteroatoms. The van der Waals surface area contributed by atoms with Gasteiger partial charge >= 0.3 is 5.97 Å². The highest BCUT2D eigenvalue weighted by Crippen LogP contribution is 1.96. The minimum atomic E-state index is -0.215. The second kappa shape index (κ2) is 7.76. The third-order valence-corrected chi connectivity index (χ3v) is 2.03. The lowest BCUT2D eigenvalue weighted by Crippen LogP contribution is -2.41. The predicted molar refractivity (Wildman–Crippen MR) is 55.2 cm³/mol. The lowest BCUT2D eigenvalue weighted by molar-refractivity contribution is -0.145. The van der Waals surface area contributed by atoms with Crippen LogP contribution < -0.4 is 5.32 Å². The summed E-state index contributed by atoms with van der Waals surface area (Å²) < 4.78 is 9.99. The smallest absolute Gasteiger partial charge is 0.323 e. The predicted octanol–water partition coefficient (Wildman–Crippen LogP) is 0.953. The van der Waals surface area contributed by atoms with Crippen LogP contribution in [-0.2, 0) is 14.3 Å². The Balaban J connectivity index is 3.84. The van der Waals surface area contributed by atoms with E-state index < -0.39 is 0 Å². The molecule has 14 heavy (non-hydrogen) atoms. The zero-order chi connectivity index (χ0) is 11.0. The van der Waals surface area contributed by atoms with Crippen molar-refractivity contribution in [1.29, 1.82) is 0 Å². The number of rotatable bonds is 7. The van der Waals surface area contributed by atoms with E-state index in [4.69, 9.17) is 9.47 Å². The first-order valence-electron chi connectivity index (χ1n) is 5.08. The highest BCUT2D eigenvalue weighted by atomic mass is 16.5. The third kappa shape index (κ3) is 5.19. The average Bonchev–Trinajstić information content (AvgIpc) is 2.18. The van der Waals surface area contributed by atoms with Crippen LogP contribution in [-0.4, -0.2) is 38.4 Å². The van der Waals surface area contributed by atoms with Gasteiger partial charge in [0.15, 0.2) is 0 Å². The van der Waals surface area contributed by atoms with E-state index in [1.54, 1.807) is 7.11 Å². The van der Waals surface area contributed by atoms with Crippen molar-refractivity contribution in [2.24, 2.45) is 0 Å². The second-order valence-corrected chi connectivity index (χ2v) is 3.17. The number of nitrogens with one attached hydrogen (secondary N) is 1. The van der Waals surface area contributed by atoms with Gasteiger partial charge in [-0.2, -0.15) is 0 Å². The molecular formula is C10H21NO3. The summed E-state index contributed by atoms with van der Waals surface area (Å²) in [6.07, 6.45) is 0.841. The summed E-state index contributed by atoms with van der Waals surface area (Å²) in [5.41, 5.74) is 0. The molecule has 4 nitrogen and oxygen atoms in total. The molecule has 0 aromatic carbocycles. The summed E-state index contributed by atoms with van der Waals surface area (Å²) in [6, 6.07) is -0.215. The molecule has 0 radical (unpaired) electrons. The molecule has 0 amide bonds. The average molecular weight is 203 g/mol. The Bertz CT molecular complexity index is 161. The number of methoxy groups -OCH3 is 1. The standard InChI is InChI=1S/C10H21NO3/c1-5-9(10(12)14-6-2)11-7-8(3)13-4/h8-9,11H,5-7H2,1-4H3. The van der Waals surface area contributed by atoms with Crippen LogP contribution in [0.2, 0.25) is 0 Å². The Morgan fingerprint density at radius 1 is 1.43 bits per heavy atom. The Labute approximate surface area is 86.0 Å². The summed E-state index contributed by atoms with van der Waals surface area (Å²) in [5.74, 6) is -0.182. The first kappa shape index (κ1) is 13.4. The van der Waals surface area contributed by atoms with Crippen LogP contribution >= 0.6 is 0 Å². The summed E-state index contributed by atoms with van der Waals surface area (Å²) in [7, 11) is 1.65. The molecule has 0 aliphatic heterocycles. The second-order valence-electron chi connectivity index (χ2n) is 3.17. The van der Waals surface area contributed by atoms with Gasteiger partial charge in [-0.05, 0) is 20.3 Å². The maximum atomic E-state index is 11.3. The van der Waals surface area contributed by atoms with E-state index in [0.717, 1.165) is 6.42 Å². The molecule has 0 aliphatic carbocycles. The van der Waals surface area contributed by atoms with Crippen LogP contribution in [0.3, 0.4) is 0 Å². The molecule has 1 N–H and O–H groups in total. The third-order valence-electron chi connectivity index (χ3n) is 2.03. The van der Waals surface area contributed by atoms with E-state index in [-0.39, 0.29) is 18.1 Å². The van der Waals surface area contributed by atoms with Gasteiger partial charge in [0, 0.05) is 13.7 Å². The molecule has 0 heterocycles. The Kier molecular flexibility index (Phi) is 7.42. The van der Waals surface area contributed by atoms with Crippen LogP contribution in [0.25, 0.3) is 0 Å². The van der Waals surface area contributed by atoms with E-state index in [2.05, 4.69) is 5.32 Å². The molecule has 0 rings (SSSR count). The first-order chi connectivity index (χ1) is 6.65. The zero-order valence-corrected chi connectivity index (χ0v) is 9.50. The van der Waals surface area contributed by atoms with E-state index >= 15 is 0 Å².